The summed E-state index contributed by atoms with van der Waals surface area (Å²) in [6.07, 6.45) is 0.884. The van der Waals surface area contributed by atoms with E-state index in [1.54, 1.807) is 20.8 Å². The van der Waals surface area contributed by atoms with Crippen LogP contribution in [0.5, 0.6) is 0 Å². The van der Waals surface area contributed by atoms with Gasteiger partial charge in [-0.3, -0.25) is 19.2 Å². The summed E-state index contributed by atoms with van der Waals surface area (Å²) >= 11 is 0. The Balaban J connectivity index is 0. The van der Waals surface area contributed by atoms with Crippen LogP contribution in [0.25, 0.3) is 0 Å². The molecule has 0 amide bonds. The Morgan fingerprint density at radius 2 is 0.905 bits per heavy atom. The summed E-state index contributed by atoms with van der Waals surface area (Å²) in [5, 5.41) is 0. The van der Waals surface area contributed by atoms with E-state index in [1.807, 2.05) is 0 Å². The highest BCUT2D eigenvalue weighted by Crippen LogP contribution is 1.88. The molecule has 21 heavy (non-hydrogen) atoms. The molecule has 0 aromatic heterocycles. The maximum atomic E-state index is 10.5. The molecule has 0 fully saturated rings. The molecule has 0 aromatic rings. The molecule has 0 aliphatic carbocycles. The van der Waals surface area contributed by atoms with Crippen molar-refractivity contribution in [1.29, 1.82) is 0 Å². The van der Waals surface area contributed by atoms with Crippen LogP contribution in [0.15, 0.2) is 0 Å². The molecular weight excluding hydrogens is 284 g/mol. The predicted molar refractivity (Wildman–Crippen MR) is 70.6 cm³/mol. The predicted octanol–water partition coefficient (Wildman–Crippen LogP) is 1.31. The fourth-order valence-corrected chi connectivity index (χ4v) is 0.645. The van der Waals surface area contributed by atoms with Crippen molar-refractivity contribution in [3.8, 4) is 0 Å². The van der Waals surface area contributed by atoms with Crippen molar-refractivity contribution >= 4 is 23.9 Å². The molecule has 0 saturated heterocycles. The highest BCUT2D eigenvalue weighted by atomic mass is 16.7. The van der Waals surface area contributed by atoms with Gasteiger partial charge in [0.1, 0.15) is 0 Å². The van der Waals surface area contributed by atoms with Crippen molar-refractivity contribution in [2.24, 2.45) is 0 Å². The standard InChI is InChI=1S/C7H12O4.C6H10O4/c1-3-6(8)10-5-11-7(9)4-2;1-3-6(8)10-4-9-5(2)7/h3-5H2,1-2H3;3-4H2,1-2H3. The Kier molecular flexibility index (Phi) is 14.4. The Bertz CT molecular complexity index is 321. The number of esters is 4. The Morgan fingerprint density at radius 1 is 0.619 bits per heavy atom. The van der Waals surface area contributed by atoms with Crippen LogP contribution in [0.1, 0.15) is 47.0 Å². The quantitative estimate of drug-likeness (QED) is 0.512. The zero-order valence-electron chi connectivity index (χ0n) is 12.8. The molecule has 0 spiro atoms. The van der Waals surface area contributed by atoms with E-state index < -0.39 is 5.97 Å². The number of hydrogen-bond donors (Lipinski definition) is 0. The smallest absolute Gasteiger partial charge is 0.308 e. The summed E-state index contributed by atoms with van der Waals surface area (Å²) < 4.78 is 17.7. The third kappa shape index (κ3) is 17.9. The number of carbonyl (C=O) groups is 4. The first-order valence-corrected chi connectivity index (χ1v) is 6.47. The number of rotatable bonds is 7. The van der Waals surface area contributed by atoms with Gasteiger partial charge in [-0.1, -0.05) is 20.8 Å². The van der Waals surface area contributed by atoms with E-state index >= 15 is 0 Å². The minimum absolute atomic E-state index is 0.265. The molecule has 0 aromatic carbocycles. The molecule has 0 heterocycles. The van der Waals surface area contributed by atoms with Crippen molar-refractivity contribution in [3.05, 3.63) is 0 Å². The Labute approximate surface area is 123 Å². The van der Waals surface area contributed by atoms with E-state index in [0.717, 1.165) is 0 Å². The summed E-state index contributed by atoms with van der Waals surface area (Å²) in [5.41, 5.74) is 0. The SMILES string of the molecule is CCC(=O)OCOC(=O)CC.CCC(=O)OCOC(C)=O. The van der Waals surface area contributed by atoms with Gasteiger partial charge in [0.05, 0.1) is 0 Å². The molecule has 0 aliphatic rings. The molecule has 0 N–H and O–H groups in total. The van der Waals surface area contributed by atoms with E-state index in [9.17, 15) is 19.2 Å². The van der Waals surface area contributed by atoms with Crippen molar-refractivity contribution in [2.75, 3.05) is 13.6 Å². The van der Waals surface area contributed by atoms with Crippen molar-refractivity contribution in [2.45, 2.75) is 47.0 Å². The van der Waals surface area contributed by atoms with Gasteiger partial charge in [-0.05, 0) is 0 Å². The van der Waals surface area contributed by atoms with Gasteiger partial charge in [-0.15, -0.1) is 0 Å². The molecule has 0 unspecified atom stereocenters. The van der Waals surface area contributed by atoms with Crippen LogP contribution in [0.3, 0.4) is 0 Å². The normalized spacial score (nSPS) is 8.76. The zero-order chi connectivity index (χ0) is 16.7. The van der Waals surface area contributed by atoms with Gasteiger partial charge in [0, 0.05) is 26.2 Å². The van der Waals surface area contributed by atoms with E-state index in [-0.39, 0.29) is 31.5 Å². The molecular formula is C13H22O8. The molecule has 0 bridgehead atoms. The van der Waals surface area contributed by atoms with Crippen molar-refractivity contribution in [3.63, 3.8) is 0 Å². The molecule has 8 heteroatoms. The summed E-state index contributed by atoms with van der Waals surface area (Å²) in [5.74, 6) is -1.56. The number of hydrogen-bond acceptors (Lipinski definition) is 8. The summed E-state index contributed by atoms with van der Waals surface area (Å²) in [4.78, 5) is 41.4. The number of ether oxygens (including phenoxy) is 4. The van der Waals surface area contributed by atoms with Crippen LogP contribution in [-0.2, 0) is 38.1 Å². The first-order chi connectivity index (χ1) is 9.87. The van der Waals surface area contributed by atoms with Gasteiger partial charge in [-0.25, -0.2) is 0 Å². The van der Waals surface area contributed by atoms with Crippen LogP contribution in [0.4, 0.5) is 0 Å². The van der Waals surface area contributed by atoms with Crippen LogP contribution in [0, 0.1) is 0 Å². The molecule has 0 atom stereocenters. The molecule has 0 radical (unpaired) electrons. The maximum Gasteiger partial charge on any atom is 0.308 e. The molecule has 0 rings (SSSR count). The van der Waals surface area contributed by atoms with Crippen LogP contribution >= 0.6 is 0 Å². The van der Waals surface area contributed by atoms with Gasteiger partial charge < -0.3 is 18.9 Å². The minimum Gasteiger partial charge on any atom is -0.428 e. The molecule has 8 nitrogen and oxygen atoms in total. The van der Waals surface area contributed by atoms with E-state index in [4.69, 9.17) is 0 Å². The van der Waals surface area contributed by atoms with Gasteiger partial charge in [0.15, 0.2) is 0 Å². The van der Waals surface area contributed by atoms with Gasteiger partial charge >= 0.3 is 23.9 Å². The molecule has 0 saturated carbocycles. The van der Waals surface area contributed by atoms with Gasteiger partial charge in [0.2, 0.25) is 13.6 Å². The van der Waals surface area contributed by atoms with Crippen LogP contribution < -0.4 is 0 Å². The summed E-state index contributed by atoms with van der Waals surface area (Å²) in [7, 11) is 0. The lowest BCUT2D eigenvalue weighted by Crippen LogP contribution is -2.10. The average molecular weight is 306 g/mol. The third-order valence-electron chi connectivity index (χ3n) is 1.79. The lowest BCUT2D eigenvalue weighted by molar-refractivity contribution is -0.168. The van der Waals surface area contributed by atoms with E-state index in [0.29, 0.717) is 19.3 Å². The van der Waals surface area contributed by atoms with Crippen LogP contribution in [0.2, 0.25) is 0 Å². The summed E-state index contributed by atoms with van der Waals surface area (Å²) in [6.45, 7) is 5.71. The minimum atomic E-state index is -0.455. The fraction of sp³-hybridized carbons (Fsp3) is 0.692. The second-order valence-electron chi connectivity index (χ2n) is 3.48. The van der Waals surface area contributed by atoms with Gasteiger partial charge in [-0.2, -0.15) is 0 Å². The Morgan fingerprint density at radius 3 is 1.14 bits per heavy atom. The highest BCUT2D eigenvalue weighted by Gasteiger charge is 2.00. The first kappa shape index (κ1) is 21.2. The van der Waals surface area contributed by atoms with Gasteiger partial charge in [0.25, 0.3) is 0 Å². The second-order valence-corrected chi connectivity index (χ2v) is 3.48. The van der Waals surface area contributed by atoms with E-state index in [2.05, 4.69) is 18.9 Å². The summed E-state index contributed by atoms with van der Waals surface area (Å²) in [6, 6.07) is 0. The van der Waals surface area contributed by atoms with Crippen molar-refractivity contribution < 1.29 is 38.1 Å². The zero-order valence-corrected chi connectivity index (χ0v) is 12.8. The third-order valence-corrected chi connectivity index (χ3v) is 1.79. The van der Waals surface area contributed by atoms with Crippen LogP contribution in [-0.4, -0.2) is 37.5 Å². The maximum absolute atomic E-state index is 10.5. The fourth-order valence-electron chi connectivity index (χ4n) is 0.645. The largest absolute Gasteiger partial charge is 0.428 e. The van der Waals surface area contributed by atoms with E-state index in [1.165, 1.54) is 6.92 Å². The number of carbonyl (C=O) groups excluding carboxylic acids is 4. The van der Waals surface area contributed by atoms with Crippen molar-refractivity contribution in [1.82, 2.24) is 0 Å². The average Bonchev–Trinajstić information content (AvgIpc) is 2.46. The second kappa shape index (κ2) is 14.3. The highest BCUT2D eigenvalue weighted by molar-refractivity contribution is 5.70. The molecule has 122 valence electrons. The topological polar surface area (TPSA) is 105 Å². The Hall–Kier alpha value is -2.12. The lowest BCUT2D eigenvalue weighted by Gasteiger charge is -2.02. The molecule has 0 aliphatic heterocycles. The lowest BCUT2D eigenvalue weighted by atomic mass is 10.5. The monoisotopic (exact) mass is 306 g/mol. The first-order valence-electron chi connectivity index (χ1n) is 6.47.